The normalized spacial score (nSPS) is 11.6. The summed E-state index contributed by atoms with van der Waals surface area (Å²) in [7, 11) is 0. The molecule has 0 aliphatic rings. The monoisotopic (exact) mass is 431 g/mol. The molecule has 1 amide bonds. The highest BCUT2D eigenvalue weighted by Crippen LogP contribution is 2.24. The van der Waals surface area contributed by atoms with E-state index in [2.05, 4.69) is 20.5 Å². The second-order valence-corrected chi connectivity index (χ2v) is 7.36. The van der Waals surface area contributed by atoms with Crippen LogP contribution in [0.3, 0.4) is 0 Å². The Kier molecular flexibility index (Phi) is 5.78. The lowest BCUT2D eigenvalue weighted by Crippen LogP contribution is -2.36. The maximum atomic E-state index is 12.5. The Morgan fingerprint density at radius 1 is 1.16 bits per heavy atom. The van der Waals surface area contributed by atoms with Crippen LogP contribution in [0.5, 0.6) is 0 Å². The molecular formula is C22H18ClN7O. The van der Waals surface area contributed by atoms with Crippen molar-refractivity contribution < 1.29 is 4.79 Å². The van der Waals surface area contributed by atoms with Gasteiger partial charge in [0.25, 0.3) is 5.91 Å². The molecule has 0 spiro atoms. The van der Waals surface area contributed by atoms with Gasteiger partial charge in [-0.1, -0.05) is 17.7 Å². The number of nitriles is 1. The van der Waals surface area contributed by atoms with E-state index in [1.807, 2.05) is 37.4 Å². The molecule has 1 atom stereocenters. The summed E-state index contributed by atoms with van der Waals surface area (Å²) in [5.41, 5.74) is 3.14. The van der Waals surface area contributed by atoms with Gasteiger partial charge in [-0.2, -0.15) is 15.5 Å². The van der Waals surface area contributed by atoms with Gasteiger partial charge in [0, 0.05) is 36.4 Å². The summed E-state index contributed by atoms with van der Waals surface area (Å²) < 4.78 is 3.38. The first-order valence-corrected chi connectivity index (χ1v) is 9.91. The van der Waals surface area contributed by atoms with Gasteiger partial charge in [-0.25, -0.2) is 4.68 Å². The van der Waals surface area contributed by atoms with Crippen LogP contribution in [0.25, 0.3) is 16.9 Å². The van der Waals surface area contributed by atoms with Gasteiger partial charge in [0.05, 0.1) is 28.5 Å². The van der Waals surface area contributed by atoms with E-state index < -0.39 is 0 Å². The quantitative estimate of drug-likeness (QED) is 0.503. The molecule has 1 N–H and O–H groups in total. The van der Waals surface area contributed by atoms with Crippen molar-refractivity contribution in [3.8, 4) is 23.0 Å². The zero-order valence-corrected chi connectivity index (χ0v) is 17.4. The van der Waals surface area contributed by atoms with Crippen molar-refractivity contribution in [3.05, 3.63) is 83.5 Å². The van der Waals surface area contributed by atoms with Crippen LogP contribution in [-0.4, -0.2) is 36.5 Å². The van der Waals surface area contributed by atoms with Crippen LogP contribution in [0.2, 0.25) is 5.02 Å². The number of aromatic nitrogens is 5. The topological polar surface area (TPSA) is 101 Å². The fraction of sp³-hybridized carbons (Fsp3) is 0.136. The number of rotatable bonds is 6. The number of benzene rings is 1. The molecule has 9 heteroatoms. The van der Waals surface area contributed by atoms with Crippen LogP contribution in [0, 0.1) is 11.3 Å². The minimum absolute atomic E-state index is 0.170. The number of hydrogen-bond acceptors (Lipinski definition) is 5. The van der Waals surface area contributed by atoms with Crippen molar-refractivity contribution in [2.24, 2.45) is 0 Å². The van der Waals surface area contributed by atoms with Crippen molar-refractivity contribution >= 4 is 17.5 Å². The van der Waals surface area contributed by atoms with Crippen LogP contribution in [-0.2, 0) is 6.54 Å². The highest BCUT2D eigenvalue weighted by atomic mass is 35.5. The highest BCUT2D eigenvalue weighted by molar-refractivity contribution is 6.32. The van der Waals surface area contributed by atoms with Crippen LogP contribution in [0.4, 0.5) is 0 Å². The number of nitrogens with zero attached hydrogens (tertiary/aromatic N) is 6. The lowest BCUT2D eigenvalue weighted by molar-refractivity contribution is 0.0930. The molecule has 3 aromatic heterocycles. The number of nitrogens with one attached hydrogen (secondary N) is 1. The van der Waals surface area contributed by atoms with Gasteiger partial charge < -0.3 is 5.32 Å². The molecule has 8 nitrogen and oxygen atoms in total. The summed E-state index contributed by atoms with van der Waals surface area (Å²) in [6.45, 7) is 2.39. The third kappa shape index (κ3) is 4.63. The summed E-state index contributed by atoms with van der Waals surface area (Å²) in [5.74, 6) is -0.258. The fourth-order valence-electron chi connectivity index (χ4n) is 3.09. The molecule has 0 unspecified atom stereocenters. The molecule has 0 fully saturated rings. The molecule has 154 valence electrons. The van der Waals surface area contributed by atoms with Gasteiger partial charge in [0.2, 0.25) is 0 Å². The van der Waals surface area contributed by atoms with Crippen LogP contribution >= 0.6 is 11.6 Å². The van der Waals surface area contributed by atoms with Crippen molar-refractivity contribution in [3.63, 3.8) is 0 Å². The predicted molar refractivity (Wildman–Crippen MR) is 116 cm³/mol. The van der Waals surface area contributed by atoms with E-state index in [1.165, 1.54) is 0 Å². The van der Waals surface area contributed by atoms with Gasteiger partial charge in [-0.3, -0.25) is 14.5 Å². The second kappa shape index (κ2) is 8.81. The average Bonchev–Trinajstić information content (AvgIpc) is 3.44. The molecule has 31 heavy (non-hydrogen) atoms. The summed E-state index contributed by atoms with van der Waals surface area (Å²) in [6.07, 6.45) is 6.91. The van der Waals surface area contributed by atoms with E-state index in [9.17, 15) is 4.79 Å². The van der Waals surface area contributed by atoms with Gasteiger partial charge in [-0.05, 0) is 43.3 Å². The highest BCUT2D eigenvalue weighted by Gasteiger charge is 2.14. The first-order valence-electron chi connectivity index (χ1n) is 9.54. The van der Waals surface area contributed by atoms with Crippen molar-refractivity contribution in [1.82, 2.24) is 29.9 Å². The summed E-state index contributed by atoms with van der Waals surface area (Å²) in [6, 6.07) is 14.2. The van der Waals surface area contributed by atoms with E-state index in [1.54, 1.807) is 52.2 Å². The number of carbonyl (C=O) groups is 1. The zero-order valence-electron chi connectivity index (χ0n) is 16.6. The lowest BCUT2D eigenvalue weighted by atomic mass is 10.1. The third-order valence-electron chi connectivity index (χ3n) is 4.61. The van der Waals surface area contributed by atoms with Gasteiger partial charge in [0.1, 0.15) is 6.07 Å². The van der Waals surface area contributed by atoms with Gasteiger partial charge >= 0.3 is 0 Å². The van der Waals surface area contributed by atoms with E-state index in [-0.39, 0.29) is 11.9 Å². The number of carbonyl (C=O) groups excluding carboxylic acids is 1. The van der Waals surface area contributed by atoms with Crippen molar-refractivity contribution in [2.45, 2.75) is 19.5 Å². The molecule has 4 aromatic rings. The van der Waals surface area contributed by atoms with E-state index >= 15 is 0 Å². The SMILES string of the molecule is C[C@@H](Cn1ccc(-c2ccc(C#N)c(Cl)c2)n1)NC(=O)c1ccn(-c2ccncc2)n1. The minimum atomic E-state index is -0.258. The molecule has 0 bridgehead atoms. The Bertz CT molecular complexity index is 1260. The standard InChI is InChI=1S/C22H18ClN7O/c1-15(26-22(31)21-7-11-30(28-21)18-4-8-25-9-5-18)14-29-10-6-20(27-29)16-2-3-17(13-24)19(23)12-16/h2-12,15H,14H2,1H3,(H,26,31)/t15-/m0/s1. The largest absolute Gasteiger partial charge is 0.346 e. The van der Waals surface area contributed by atoms with Crippen molar-refractivity contribution in [1.29, 1.82) is 5.26 Å². The third-order valence-corrected chi connectivity index (χ3v) is 4.93. The summed E-state index contributed by atoms with van der Waals surface area (Å²) in [4.78, 5) is 16.5. The Hall–Kier alpha value is -3.96. The molecule has 0 saturated carbocycles. The first kappa shape index (κ1) is 20.3. The first-order chi connectivity index (χ1) is 15.0. The molecule has 0 radical (unpaired) electrons. The Balaban J connectivity index is 1.39. The Morgan fingerprint density at radius 3 is 2.71 bits per heavy atom. The summed E-state index contributed by atoms with van der Waals surface area (Å²) in [5, 5.41) is 21.2. The van der Waals surface area contributed by atoms with Gasteiger partial charge in [-0.15, -0.1) is 0 Å². The molecule has 0 aliphatic heterocycles. The summed E-state index contributed by atoms with van der Waals surface area (Å²) >= 11 is 6.11. The molecule has 4 rings (SSSR count). The van der Waals surface area contributed by atoms with Gasteiger partial charge in [0.15, 0.2) is 5.69 Å². The maximum Gasteiger partial charge on any atom is 0.272 e. The number of halogens is 1. The van der Waals surface area contributed by atoms with E-state index in [0.29, 0.717) is 22.8 Å². The van der Waals surface area contributed by atoms with E-state index in [4.69, 9.17) is 16.9 Å². The zero-order chi connectivity index (χ0) is 21.8. The number of hydrogen-bond donors (Lipinski definition) is 1. The minimum Gasteiger partial charge on any atom is -0.346 e. The van der Waals surface area contributed by atoms with Crippen molar-refractivity contribution in [2.75, 3.05) is 0 Å². The molecular weight excluding hydrogens is 414 g/mol. The molecule has 3 heterocycles. The number of pyridine rings is 1. The average molecular weight is 432 g/mol. The predicted octanol–water partition coefficient (Wildman–Crippen LogP) is 3.47. The Morgan fingerprint density at radius 2 is 1.97 bits per heavy atom. The maximum absolute atomic E-state index is 12.5. The fourth-order valence-corrected chi connectivity index (χ4v) is 3.31. The number of amides is 1. The second-order valence-electron chi connectivity index (χ2n) is 6.95. The van der Waals surface area contributed by atoms with Crippen LogP contribution in [0.1, 0.15) is 23.0 Å². The van der Waals surface area contributed by atoms with Crippen LogP contribution in [0.15, 0.2) is 67.3 Å². The molecule has 0 saturated heterocycles. The molecule has 1 aromatic carbocycles. The van der Waals surface area contributed by atoms with E-state index in [0.717, 1.165) is 16.9 Å². The van der Waals surface area contributed by atoms with Crippen LogP contribution < -0.4 is 5.32 Å². The molecule has 0 aliphatic carbocycles. The smallest absolute Gasteiger partial charge is 0.272 e. The lowest BCUT2D eigenvalue weighted by Gasteiger charge is -2.13. The Labute approximate surface area is 183 Å².